The van der Waals surface area contributed by atoms with Gasteiger partial charge in [-0.15, -0.1) is 0 Å². The number of hydrogen-bond donors (Lipinski definition) is 2. The lowest BCUT2D eigenvalue weighted by atomic mass is 9.76. The molecule has 170 valence electrons. The zero-order valence-electron chi connectivity index (χ0n) is 17.7. The average Bonchev–Trinajstić information content (AvgIpc) is 3.30. The van der Waals surface area contributed by atoms with Crippen LogP contribution in [0.5, 0.6) is 0 Å². The van der Waals surface area contributed by atoms with Gasteiger partial charge in [-0.2, -0.15) is 0 Å². The fourth-order valence-electron chi connectivity index (χ4n) is 5.76. The first-order chi connectivity index (χ1) is 14.8. The third kappa shape index (κ3) is 3.82. The van der Waals surface area contributed by atoms with E-state index in [9.17, 15) is 18.3 Å². The molecule has 2 aliphatic heterocycles. The second-order valence-electron chi connectivity index (χ2n) is 9.88. The van der Waals surface area contributed by atoms with Crippen molar-refractivity contribution >= 4 is 21.6 Å². The Morgan fingerprint density at radius 2 is 1.81 bits per heavy atom. The number of morpholine rings is 1. The summed E-state index contributed by atoms with van der Waals surface area (Å²) in [6.45, 7) is 0.946. The summed E-state index contributed by atoms with van der Waals surface area (Å²) < 4.78 is 30.7. The molecule has 5 rings (SSSR count). The van der Waals surface area contributed by atoms with Crippen LogP contribution < -0.4 is 10.2 Å². The molecule has 2 spiro atoms. The molecular formula is C21H30N4O5S. The summed E-state index contributed by atoms with van der Waals surface area (Å²) in [4.78, 5) is 23.9. The lowest BCUT2D eigenvalue weighted by molar-refractivity contribution is -0.199. The second-order valence-corrected chi connectivity index (χ2v) is 12.1. The maximum atomic E-state index is 13.2. The summed E-state index contributed by atoms with van der Waals surface area (Å²) in [5.41, 5.74) is -1.21. The topological polar surface area (TPSA) is 122 Å². The molecule has 0 aromatic carbocycles. The molecule has 1 aromatic rings. The number of aromatic nitrogens is 2. The first kappa shape index (κ1) is 21.1. The molecule has 2 N–H and O–H groups in total. The minimum absolute atomic E-state index is 0.0412. The van der Waals surface area contributed by atoms with Gasteiger partial charge in [-0.05, 0) is 38.5 Å². The van der Waals surface area contributed by atoms with Crippen molar-refractivity contribution in [2.24, 2.45) is 0 Å². The highest BCUT2D eigenvalue weighted by Crippen LogP contribution is 2.49. The molecule has 1 unspecified atom stereocenters. The van der Waals surface area contributed by atoms with Gasteiger partial charge in [0, 0.05) is 19.3 Å². The largest absolute Gasteiger partial charge is 0.394 e. The van der Waals surface area contributed by atoms with Crippen LogP contribution in [0.1, 0.15) is 61.7 Å². The van der Waals surface area contributed by atoms with Crippen molar-refractivity contribution in [2.75, 3.05) is 36.1 Å². The molecule has 3 heterocycles. The molecule has 1 amide bonds. The molecule has 4 aliphatic rings. The molecule has 10 heteroatoms. The van der Waals surface area contributed by atoms with Gasteiger partial charge in [-0.3, -0.25) is 4.79 Å². The normalized spacial score (nSPS) is 30.4. The van der Waals surface area contributed by atoms with E-state index in [0.29, 0.717) is 24.5 Å². The molecule has 0 radical (unpaired) electrons. The van der Waals surface area contributed by atoms with Crippen molar-refractivity contribution < 1.29 is 23.1 Å². The quantitative estimate of drug-likeness (QED) is 0.692. The number of amides is 1. The molecular weight excluding hydrogens is 420 g/mol. The molecule has 0 bridgehead atoms. The van der Waals surface area contributed by atoms with Crippen LogP contribution in [0.2, 0.25) is 0 Å². The summed E-state index contributed by atoms with van der Waals surface area (Å²) in [5.74, 6) is -0.186. The third-order valence-corrected chi connectivity index (χ3v) is 9.29. The van der Waals surface area contributed by atoms with Crippen molar-refractivity contribution in [3.8, 4) is 0 Å². The van der Waals surface area contributed by atoms with Gasteiger partial charge in [0.05, 0.1) is 34.9 Å². The standard InChI is InChI=1S/C21H30N4O5S/c26-13-19(8-9-31(28,29)14-19)24-18(27)16-10-22-15-23-17(16)25-11-20(4-1-2-5-20)30-21(12-25)6-3-7-21/h10,15,26H,1-9,11-14H2,(H,24,27). The smallest absolute Gasteiger partial charge is 0.257 e. The number of nitrogens with zero attached hydrogens (tertiary/aromatic N) is 3. The van der Waals surface area contributed by atoms with Crippen molar-refractivity contribution in [1.29, 1.82) is 0 Å². The lowest BCUT2D eigenvalue weighted by Crippen LogP contribution is -2.64. The highest BCUT2D eigenvalue weighted by Gasteiger charge is 2.53. The molecule has 2 aliphatic carbocycles. The molecule has 2 saturated heterocycles. The van der Waals surface area contributed by atoms with Crippen LogP contribution in [0.4, 0.5) is 5.82 Å². The summed E-state index contributed by atoms with van der Waals surface area (Å²) in [5, 5.41) is 12.7. The van der Waals surface area contributed by atoms with E-state index in [1.54, 1.807) is 0 Å². The van der Waals surface area contributed by atoms with Crippen LogP contribution in [0, 0.1) is 0 Å². The van der Waals surface area contributed by atoms with Gasteiger partial charge in [0.25, 0.3) is 5.91 Å². The number of nitrogens with one attached hydrogen (secondary N) is 1. The minimum Gasteiger partial charge on any atom is -0.394 e. The zero-order valence-corrected chi connectivity index (χ0v) is 18.5. The SMILES string of the molecule is O=C(NC1(CO)CCS(=O)(=O)C1)c1cncnc1N1CC2(CCCC2)OC2(CCC2)C1. The monoisotopic (exact) mass is 450 g/mol. The zero-order chi connectivity index (χ0) is 21.7. The van der Waals surface area contributed by atoms with E-state index >= 15 is 0 Å². The average molecular weight is 451 g/mol. The molecule has 1 aromatic heterocycles. The van der Waals surface area contributed by atoms with Crippen LogP contribution in [0.25, 0.3) is 0 Å². The van der Waals surface area contributed by atoms with E-state index in [1.807, 2.05) is 0 Å². The Kier molecular flexibility index (Phi) is 5.02. The van der Waals surface area contributed by atoms with Gasteiger partial charge in [0.15, 0.2) is 9.84 Å². The van der Waals surface area contributed by atoms with E-state index in [2.05, 4.69) is 20.2 Å². The maximum absolute atomic E-state index is 13.2. The van der Waals surface area contributed by atoms with Crippen LogP contribution in [0.3, 0.4) is 0 Å². The molecule has 9 nitrogen and oxygen atoms in total. The van der Waals surface area contributed by atoms with Crippen molar-refractivity contribution in [1.82, 2.24) is 15.3 Å². The van der Waals surface area contributed by atoms with Gasteiger partial charge in [-0.25, -0.2) is 18.4 Å². The first-order valence-corrected chi connectivity index (χ1v) is 13.0. The van der Waals surface area contributed by atoms with E-state index in [0.717, 1.165) is 44.9 Å². The van der Waals surface area contributed by atoms with Gasteiger partial charge < -0.3 is 20.1 Å². The number of rotatable bonds is 4. The summed E-state index contributed by atoms with van der Waals surface area (Å²) in [7, 11) is -3.28. The first-order valence-electron chi connectivity index (χ1n) is 11.2. The van der Waals surface area contributed by atoms with Crippen molar-refractivity contribution in [3.05, 3.63) is 18.1 Å². The fourth-order valence-corrected chi connectivity index (χ4v) is 7.75. The highest BCUT2D eigenvalue weighted by molar-refractivity contribution is 7.91. The predicted molar refractivity (Wildman–Crippen MR) is 114 cm³/mol. The van der Waals surface area contributed by atoms with E-state index in [4.69, 9.17) is 4.74 Å². The van der Waals surface area contributed by atoms with Gasteiger partial charge in [-0.1, -0.05) is 12.8 Å². The van der Waals surface area contributed by atoms with Crippen LogP contribution in [-0.4, -0.2) is 77.3 Å². The maximum Gasteiger partial charge on any atom is 0.257 e. The number of aliphatic hydroxyl groups is 1. The number of sulfone groups is 1. The lowest BCUT2D eigenvalue weighted by Gasteiger charge is -2.56. The summed E-state index contributed by atoms with van der Waals surface area (Å²) in [6, 6.07) is 0. The number of ether oxygens (including phenoxy) is 1. The van der Waals surface area contributed by atoms with Gasteiger partial charge in [0.2, 0.25) is 0 Å². The van der Waals surface area contributed by atoms with Gasteiger partial charge >= 0.3 is 0 Å². The summed E-state index contributed by atoms with van der Waals surface area (Å²) in [6.07, 6.45) is 10.6. The Morgan fingerprint density at radius 1 is 1.13 bits per heavy atom. The Morgan fingerprint density at radius 3 is 2.35 bits per heavy atom. The minimum atomic E-state index is -3.28. The molecule has 2 saturated carbocycles. The third-order valence-electron chi connectivity index (χ3n) is 7.48. The second kappa shape index (κ2) is 7.38. The highest BCUT2D eigenvalue weighted by atomic mass is 32.2. The Bertz CT molecular complexity index is 974. The van der Waals surface area contributed by atoms with Crippen LogP contribution in [0.15, 0.2) is 12.5 Å². The van der Waals surface area contributed by atoms with Crippen molar-refractivity contribution in [3.63, 3.8) is 0 Å². The Hall–Kier alpha value is -1.78. The number of carbonyl (C=O) groups is 1. The van der Waals surface area contributed by atoms with E-state index < -0.39 is 27.9 Å². The molecule has 1 atom stereocenters. The number of aliphatic hydroxyl groups excluding tert-OH is 1. The van der Waals surface area contributed by atoms with Crippen molar-refractivity contribution in [2.45, 2.75) is 68.1 Å². The Balaban J connectivity index is 1.43. The molecule has 4 fully saturated rings. The fraction of sp³-hybridized carbons (Fsp3) is 0.762. The summed E-state index contributed by atoms with van der Waals surface area (Å²) >= 11 is 0. The van der Waals surface area contributed by atoms with Gasteiger partial charge in [0.1, 0.15) is 17.7 Å². The van der Waals surface area contributed by atoms with E-state index in [-0.39, 0.29) is 29.1 Å². The van der Waals surface area contributed by atoms with Crippen LogP contribution in [-0.2, 0) is 14.6 Å². The van der Waals surface area contributed by atoms with Crippen LogP contribution >= 0.6 is 0 Å². The Labute approximate surface area is 182 Å². The predicted octanol–water partition coefficient (Wildman–Crippen LogP) is 0.828. The number of anilines is 1. The van der Waals surface area contributed by atoms with E-state index in [1.165, 1.54) is 12.5 Å². The number of hydrogen-bond acceptors (Lipinski definition) is 8. The number of carbonyl (C=O) groups excluding carboxylic acids is 1. The molecule has 31 heavy (non-hydrogen) atoms.